The van der Waals surface area contributed by atoms with Crippen LogP contribution in [0.5, 0.6) is 0 Å². The molecule has 0 saturated carbocycles. The van der Waals surface area contributed by atoms with Crippen LogP contribution in [-0.2, 0) is 9.63 Å². The molecule has 0 unspecified atom stereocenters. The minimum Gasteiger partial charge on any atom is -0.380 e. The molecule has 0 aliphatic rings. The van der Waals surface area contributed by atoms with Gasteiger partial charge in [0, 0.05) is 18.0 Å². The van der Waals surface area contributed by atoms with Crippen molar-refractivity contribution in [1.29, 1.82) is 0 Å². The van der Waals surface area contributed by atoms with Crippen molar-refractivity contribution in [3.8, 4) is 0 Å². The maximum atomic E-state index is 11.4. The first-order valence-electron chi connectivity index (χ1n) is 4.86. The molecule has 0 bridgehead atoms. The average molecular weight is 221 g/mol. The Hall–Kier alpha value is -1.91. The van der Waals surface area contributed by atoms with Crippen LogP contribution in [0.3, 0.4) is 0 Å². The fraction of sp³-hybridized carbons (Fsp3) is 0.364. The number of pyridine rings is 1. The monoisotopic (exact) mass is 221 g/mol. The lowest BCUT2D eigenvalue weighted by molar-refractivity contribution is -0.152. The molecule has 16 heavy (non-hydrogen) atoms. The van der Waals surface area contributed by atoms with Crippen LogP contribution in [0.15, 0.2) is 29.7 Å². The lowest BCUT2D eigenvalue weighted by Crippen LogP contribution is -2.23. The predicted octanol–water partition coefficient (Wildman–Crippen LogP) is 1.29. The van der Waals surface area contributed by atoms with E-state index in [4.69, 9.17) is 10.6 Å². The van der Waals surface area contributed by atoms with Crippen molar-refractivity contribution in [3.05, 3.63) is 30.1 Å². The zero-order chi connectivity index (χ0) is 12.2. The standard InChI is InChI=1S/C11H15N3O2/c1-11(2,3)10(15)16-14-9(12)8-5-4-6-13-7-8/h4-7H,1-3H3,(H2,12,14). The summed E-state index contributed by atoms with van der Waals surface area (Å²) >= 11 is 0. The number of aromatic nitrogens is 1. The Morgan fingerprint density at radius 2 is 2.19 bits per heavy atom. The number of nitrogens with zero attached hydrogens (tertiary/aromatic N) is 2. The summed E-state index contributed by atoms with van der Waals surface area (Å²) in [4.78, 5) is 20.0. The van der Waals surface area contributed by atoms with Gasteiger partial charge in [0.1, 0.15) is 0 Å². The fourth-order valence-corrected chi connectivity index (χ4v) is 0.795. The molecule has 1 aromatic heterocycles. The number of rotatable bonds is 2. The number of carbonyl (C=O) groups is 1. The second-order valence-electron chi connectivity index (χ2n) is 4.35. The van der Waals surface area contributed by atoms with E-state index >= 15 is 0 Å². The van der Waals surface area contributed by atoms with Crippen molar-refractivity contribution in [2.45, 2.75) is 20.8 Å². The summed E-state index contributed by atoms with van der Waals surface area (Å²) in [6.45, 7) is 5.22. The van der Waals surface area contributed by atoms with Crippen molar-refractivity contribution in [2.75, 3.05) is 0 Å². The van der Waals surface area contributed by atoms with Crippen LogP contribution in [0.25, 0.3) is 0 Å². The Balaban J connectivity index is 2.70. The molecule has 1 heterocycles. The first-order valence-corrected chi connectivity index (χ1v) is 4.86. The molecule has 0 radical (unpaired) electrons. The lowest BCUT2D eigenvalue weighted by atomic mass is 9.98. The van der Waals surface area contributed by atoms with Gasteiger partial charge in [0.2, 0.25) is 0 Å². The van der Waals surface area contributed by atoms with Gasteiger partial charge in [-0.1, -0.05) is 5.16 Å². The van der Waals surface area contributed by atoms with E-state index in [0.29, 0.717) is 5.56 Å². The van der Waals surface area contributed by atoms with Crippen molar-refractivity contribution in [1.82, 2.24) is 4.98 Å². The molecule has 86 valence electrons. The molecule has 2 N–H and O–H groups in total. The highest BCUT2D eigenvalue weighted by Crippen LogP contribution is 2.15. The summed E-state index contributed by atoms with van der Waals surface area (Å²) in [7, 11) is 0. The summed E-state index contributed by atoms with van der Waals surface area (Å²) in [5.74, 6) is -0.301. The SMILES string of the molecule is CC(C)(C)C(=O)O/N=C(/N)c1cccnc1. The van der Waals surface area contributed by atoms with Gasteiger partial charge in [-0.15, -0.1) is 0 Å². The molecule has 5 heteroatoms. The van der Waals surface area contributed by atoms with Gasteiger partial charge in [-0.3, -0.25) is 4.98 Å². The van der Waals surface area contributed by atoms with E-state index in [9.17, 15) is 4.79 Å². The summed E-state index contributed by atoms with van der Waals surface area (Å²) in [5.41, 5.74) is 5.64. The van der Waals surface area contributed by atoms with E-state index < -0.39 is 11.4 Å². The van der Waals surface area contributed by atoms with Crippen LogP contribution in [0.2, 0.25) is 0 Å². The quantitative estimate of drug-likeness (QED) is 0.353. The molecule has 0 saturated heterocycles. The predicted molar refractivity (Wildman–Crippen MR) is 60.5 cm³/mol. The number of hydrogen-bond acceptors (Lipinski definition) is 4. The average Bonchev–Trinajstić information content (AvgIpc) is 2.25. The van der Waals surface area contributed by atoms with E-state index in [-0.39, 0.29) is 5.84 Å². The van der Waals surface area contributed by atoms with Crippen LogP contribution in [0.1, 0.15) is 26.3 Å². The minimum absolute atomic E-state index is 0.130. The van der Waals surface area contributed by atoms with Gasteiger partial charge < -0.3 is 10.6 Å². The van der Waals surface area contributed by atoms with Gasteiger partial charge in [0.15, 0.2) is 5.84 Å². The van der Waals surface area contributed by atoms with Gasteiger partial charge in [-0.2, -0.15) is 0 Å². The first-order chi connectivity index (χ1) is 7.41. The van der Waals surface area contributed by atoms with Gasteiger partial charge >= 0.3 is 5.97 Å². The third-order valence-corrected chi connectivity index (χ3v) is 1.80. The van der Waals surface area contributed by atoms with Gasteiger partial charge in [-0.05, 0) is 32.9 Å². The fourth-order valence-electron chi connectivity index (χ4n) is 0.795. The molecular formula is C11H15N3O2. The molecule has 1 aromatic rings. The van der Waals surface area contributed by atoms with E-state index in [0.717, 1.165) is 0 Å². The molecule has 0 spiro atoms. The molecule has 0 aliphatic carbocycles. The molecule has 0 aromatic carbocycles. The van der Waals surface area contributed by atoms with E-state index in [1.807, 2.05) is 0 Å². The third-order valence-electron chi connectivity index (χ3n) is 1.80. The highest BCUT2D eigenvalue weighted by molar-refractivity contribution is 5.97. The lowest BCUT2D eigenvalue weighted by Gasteiger charge is -2.12. The highest BCUT2D eigenvalue weighted by atomic mass is 16.7. The normalized spacial score (nSPS) is 12.3. The van der Waals surface area contributed by atoms with Crippen molar-refractivity contribution in [2.24, 2.45) is 16.3 Å². The highest BCUT2D eigenvalue weighted by Gasteiger charge is 2.23. The Labute approximate surface area is 94.3 Å². The molecule has 0 fully saturated rings. The number of amidine groups is 1. The zero-order valence-corrected chi connectivity index (χ0v) is 9.60. The number of oxime groups is 1. The second kappa shape index (κ2) is 4.74. The summed E-state index contributed by atoms with van der Waals surface area (Å²) < 4.78 is 0. The van der Waals surface area contributed by atoms with Crippen LogP contribution in [-0.4, -0.2) is 16.8 Å². The maximum absolute atomic E-state index is 11.4. The van der Waals surface area contributed by atoms with Crippen molar-refractivity contribution < 1.29 is 9.63 Å². The van der Waals surface area contributed by atoms with E-state index in [1.54, 1.807) is 45.3 Å². The van der Waals surface area contributed by atoms with Crippen LogP contribution < -0.4 is 5.73 Å². The smallest absolute Gasteiger partial charge is 0.340 e. The number of hydrogen-bond donors (Lipinski definition) is 1. The molecule has 5 nitrogen and oxygen atoms in total. The first kappa shape index (κ1) is 12.2. The maximum Gasteiger partial charge on any atom is 0.340 e. The summed E-state index contributed by atoms with van der Waals surface area (Å²) in [6, 6.07) is 3.46. The van der Waals surface area contributed by atoms with Gasteiger partial charge in [0.05, 0.1) is 5.41 Å². The Kier molecular flexibility index (Phi) is 3.60. The van der Waals surface area contributed by atoms with Crippen molar-refractivity contribution in [3.63, 3.8) is 0 Å². The summed E-state index contributed by atoms with van der Waals surface area (Å²) in [5, 5.41) is 3.57. The second-order valence-corrected chi connectivity index (χ2v) is 4.35. The van der Waals surface area contributed by atoms with E-state index in [2.05, 4.69) is 10.1 Å². The third kappa shape index (κ3) is 3.34. The number of carbonyl (C=O) groups excluding carboxylic acids is 1. The minimum atomic E-state index is -0.598. The van der Waals surface area contributed by atoms with Gasteiger partial charge in [-0.25, -0.2) is 4.79 Å². The van der Waals surface area contributed by atoms with Gasteiger partial charge in [0.25, 0.3) is 0 Å². The largest absolute Gasteiger partial charge is 0.380 e. The summed E-state index contributed by atoms with van der Waals surface area (Å²) in [6.07, 6.45) is 3.17. The van der Waals surface area contributed by atoms with E-state index in [1.165, 1.54) is 0 Å². The number of nitrogens with two attached hydrogens (primary N) is 1. The Morgan fingerprint density at radius 1 is 1.50 bits per heavy atom. The van der Waals surface area contributed by atoms with Crippen LogP contribution >= 0.6 is 0 Å². The Morgan fingerprint density at radius 3 is 2.69 bits per heavy atom. The Bertz CT molecular complexity index is 393. The molecule has 0 aliphatic heterocycles. The zero-order valence-electron chi connectivity index (χ0n) is 9.60. The topological polar surface area (TPSA) is 77.6 Å². The molecule has 0 amide bonds. The van der Waals surface area contributed by atoms with Crippen LogP contribution in [0, 0.1) is 5.41 Å². The molecule has 1 rings (SSSR count). The molecule has 0 atom stereocenters. The van der Waals surface area contributed by atoms with Crippen molar-refractivity contribution >= 4 is 11.8 Å². The van der Waals surface area contributed by atoms with Crippen LogP contribution in [0.4, 0.5) is 0 Å². The molecular weight excluding hydrogens is 206 g/mol.